The summed E-state index contributed by atoms with van der Waals surface area (Å²) in [6, 6.07) is 95.3. The first-order valence-electron chi connectivity index (χ1n) is 49.0. The second kappa shape index (κ2) is 46.3. The predicted octanol–water partition coefficient (Wildman–Crippen LogP) is 38.1. The van der Waals surface area contributed by atoms with E-state index >= 15 is 0 Å². The summed E-state index contributed by atoms with van der Waals surface area (Å²) in [5, 5.41) is 4.16. The number of aromatic nitrogens is 10. The Kier molecular flexibility index (Phi) is 33.7. The lowest BCUT2D eigenvalue weighted by molar-refractivity contribution is 0.619. The fourth-order valence-electron chi connectivity index (χ4n) is 18.3. The Balaban J connectivity index is 0.000000122. The van der Waals surface area contributed by atoms with Gasteiger partial charge in [0.25, 0.3) is 0 Å². The van der Waals surface area contributed by atoms with Gasteiger partial charge in [-0.3, -0.25) is 9.13 Å². The largest absolute Gasteiger partial charge is 0.435 e. The minimum atomic E-state index is 0.411. The van der Waals surface area contributed by atoms with E-state index in [-0.39, 0.29) is 0 Å². The van der Waals surface area contributed by atoms with Crippen LogP contribution in [0, 0.1) is 55.4 Å². The summed E-state index contributed by atoms with van der Waals surface area (Å²) in [5.74, 6) is 4.94. The highest BCUT2D eigenvalue weighted by atomic mass is 35.5. The maximum Gasteiger partial charge on any atom is 0.227 e. The Morgan fingerprint density at radius 3 is 1.09 bits per heavy atom. The first-order chi connectivity index (χ1) is 67.7. The van der Waals surface area contributed by atoms with Crippen molar-refractivity contribution >= 4 is 153 Å². The number of benzene rings is 14. The third kappa shape index (κ3) is 24.4. The molecule has 0 amide bonds. The van der Waals surface area contributed by atoms with Crippen LogP contribution < -0.4 is 0 Å². The van der Waals surface area contributed by atoms with Crippen LogP contribution >= 0.6 is 68.5 Å². The molecule has 0 aliphatic carbocycles. The first-order valence-corrected chi connectivity index (χ1v) is 53.5. The monoisotopic (exact) mass is 1970 g/mol. The van der Waals surface area contributed by atoms with Crippen molar-refractivity contribution in [3.63, 3.8) is 0 Å². The van der Waals surface area contributed by atoms with Gasteiger partial charge in [-0.15, -0.1) is 45.3 Å². The molecule has 718 valence electrons. The molecule has 8 heterocycles. The van der Waals surface area contributed by atoms with E-state index in [9.17, 15) is 0 Å². The standard InChI is InChI=1S/C17H16ClNO.2C17H18N2.3C17H17NS.2C11H13NS/c1-10(2)13-9-14-16(15(18)11(13)3)20-17(19-14)12-7-5-4-6-8-12;1-12(2)15-10-16-17(9-13(15)3)19(11-18-16)14-7-5-4-6-8-14;1-12(2)15-10-17-16(9-13(15)3)18-11-19(17)14-7-5-4-6-8-14;1-11(2)14-10-15-16(9-12(14)3)19-17(18-15)13-7-5-4-6-8-13;1-11(2)14-10-15-16(9-12(14)3)19-18-17(15)13-7-5-4-6-8-13;1-11(2)14-10-16-15(9-12(14)3)18-17(19-16)13-7-5-4-6-8-13;1-7(2)9-5-10-11(4-8(9)3)13-6-12-10;1-7(2)9-5-11-10(4-8(9)3)12-6-13-11/h4-10H,1-3H3;2*4-12H,1-3H3;3*4-11H,1-3H3;2*4-7H,1-3H3. The van der Waals surface area contributed by atoms with Crippen LogP contribution in [0.5, 0.6) is 0 Å². The SMILES string of the molecule is Cc1c(C(C)C)cc2nc(-c3ccccc3)oc2c1Cl.Cc1cc2c(cc1C(C)C)ncn2-c1ccccc1.Cc1cc2nc(-c3ccccc3)sc2cc1C(C)C.Cc1cc2ncn(-c3ccccc3)c2cc1C(C)C.Cc1cc2ncsc2cc1C(C)C.Cc1cc2sc(-c3ccccc3)nc2cc1C(C)C.Cc1cc2scnc2cc1C(C)C.Cc1cc2snc(-c3ccccc3)c2cc1C(C)C. The van der Waals surface area contributed by atoms with Gasteiger partial charge in [0.05, 0.1) is 89.4 Å². The number of fused-ring (bicyclic) bond motifs is 8. The predicted molar refractivity (Wildman–Crippen MR) is 612 cm³/mol. The fraction of sp³-hybridized carbons (Fsp3) is 0.258. The number of hydrogen-bond donors (Lipinski definition) is 0. The van der Waals surface area contributed by atoms with Gasteiger partial charge >= 0.3 is 0 Å². The number of imidazole rings is 2. The van der Waals surface area contributed by atoms with Crippen molar-refractivity contribution in [2.24, 2.45) is 0 Å². The van der Waals surface area contributed by atoms with E-state index in [1.807, 2.05) is 91.3 Å². The number of hydrogen-bond acceptors (Lipinski definition) is 14. The molecule has 0 saturated heterocycles. The van der Waals surface area contributed by atoms with Gasteiger partial charge in [0.2, 0.25) is 5.89 Å². The molecule has 0 bridgehead atoms. The van der Waals surface area contributed by atoms with E-state index in [0.29, 0.717) is 63.8 Å². The minimum Gasteiger partial charge on any atom is -0.435 e. The smallest absolute Gasteiger partial charge is 0.227 e. The normalized spacial score (nSPS) is 11.4. The van der Waals surface area contributed by atoms with Crippen molar-refractivity contribution in [1.82, 2.24) is 48.4 Å². The molecule has 17 heteroatoms. The van der Waals surface area contributed by atoms with Crippen molar-refractivity contribution in [2.75, 3.05) is 0 Å². The molecule has 0 atom stereocenters. The Bertz CT molecular complexity index is 7600. The van der Waals surface area contributed by atoms with Crippen molar-refractivity contribution in [3.8, 4) is 55.2 Å². The van der Waals surface area contributed by atoms with Gasteiger partial charge in [-0.25, -0.2) is 34.9 Å². The van der Waals surface area contributed by atoms with Crippen LogP contribution in [0.2, 0.25) is 5.02 Å². The number of halogens is 1. The van der Waals surface area contributed by atoms with Crippen molar-refractivity contribution in [1.29, 1.82) is 0 Å². The summed E-state index contributed by atoms with van der Waals surface area (Å²) in [5.41, 5.74) is 43.9. The zero-order chi connectivity index (χ0) is 100. The van der Waals surface area contributed by atoms with E-state index in [4.69, 9.17) is 26.0 Å². The maximum atomic E-state index is 6.44. The fourth-order valence-corrected chi connectivity index (χ4v) is 22.9. The Labute approximate surface area is 857 Å². The lowest BCUT2D eigenvalue weighted by Gasteiger charge is -2.11. The average Bonchev–Trinajstić information content (AvgIpc) is 1.59. The summed E-state index contributed by atoms with van der Waals surface area (Å²) >= 11 is 15.0. The van der Waals surface area contributed by atoms with Crippen LogP contribution in [0.1, 0.15) is 247 Å². The Hall–Kier alpha value is -12.8. The van der Waals surface area contributed by atoms with E-state index in [2.05, 4.69) is 410 Å². The number of rotatable bonds is 14. The minimum absolute atomic E-state index is 0.411. The van der Waals surface area contributed by atoms with E-state index in [0.717, 1.165) is 76.8 Å². The van der Waals surface area contributed by atoms with Crippen molar-refractivity contribution < 1.29 is 4.42 Å². The van der Waals surface area contributed by atoms with Crippen LogP contribution in [0.4, 0.5) is 0 Å². The van der Waals surface area contributed by atoms with Gasteiger partial charge in [0, 0.05) is 39.0 Å². The molecule has 0 aliphatic heterocycles. The van der Waals surface area contributed by atoms with Crippen LogP contribution in [-0.2, 0) is 0 Å². The molecular formula is C124H129ClN10OS5. The lowest BCUT2D eigenvalue weighted by atomic mass is 9.95. The summed E-state index contributed by atoms with van der Waals surface area (Å²) < 4.78 is 21.2. The van der Waals surface area contributed by atoms with Crippen molar-refractivity contribution in [2.45, 2.75) is 214 Å². The van der Waals surface area contributed by atoms with Gasteiger partial charge in [0.15, 0.2) is 5.58 Å². The summed E-state index contributed by atoms with van der Waals surface area (Å²) in [6.07, 6.45) is 3.81. The topological polar surface area (TPSA) is 126 Å². The molecule has 0 saturated carbocycles. The number of nitrogens with zero attached hydrogens (tertiary/aromatic N) is 10. The quantitative estimate of drug-likeness (QED) is 0.105. The average molecular weight is 1970 g/mol. The van der Waals surface area contributed by atoms with Gasteiger partial charge < -0.3 is 4.42 Å². The van der Waals surface area contributed by atoms with E-state index in [1.165, 1.54) is 140 Å². The second-order valence-electron chi connectivity index (χ2n) is 39.0. The Morgan fingerprint density at radius 1 is 0.284 bits per heavy atom. The maximum absolute atomic E-state index is 6.44. The van der Waals surface area contributed by atoms with Crippen LogP contribution in [-0.4, -0.2) is 48.4 Å². The third-order valence-electron chi connectivity index (χ3n) is 25.8. The van der Waals surface area contributed by atoms with E-state index < -0.39 is 0 Å². The highest BCUT2D eigenvalue weighted by Gasteiger charge is 2.22. The molecule has 11 nitrogen and oxygen atoms in total. The first kappa shape index (κ1) is 103. The zero-order valence-corrected chi connectivity index (χ0v) is 90.5. The molecule has 0 unspecified atom stereocenters. The second-order valence-corrected chi connectivity index (χ2v) is 44.0. The van der Waals surface area contributed by atoms with Crippen molar-refractivity contribution in [3.05, 3.63) is 391 Å². The third-order valence-corrected chi connectivity index (χ3v) is 30.8. The van der Waals surface area contributed by atoms with E-state index in [1.54, 1.807) is 56.9 Å². The molecule has 14 aromatic carbocycles. The lowest BCUT2D eigenvalue weighted by Crippen LogP contribution is -1.95. The van der Waals surface area contributed by atoms with Crippen LogP contribution in [0.25, 0.3) is 139 Å². The molecule has 0 radical (unpaired) electrons. The molecule has 0 N–H and O–H groups in total. The number of para-hydroxylation sites is 2. The molecule has 22 rings (SSSR count). The van der Waals surface area contributed by atoms with Gasteiger partial charge in [-0.2, -0.15) is 4.37 Å². The number of oxazole rings is 1. The Morgan fingerprint density at radius 2 is 0.610 bits per heavy atom. The molecule has 0 fully saturated rings. The van der Waals surface area contributed by atoms with Gasteiger partial charge in [0.1, 0.15) is 28.2 Å². The molecule has 0 spiro atoms. The highest BCUT2D eigenvalue weighted by molar-refractivity contribution is 7.22. The van der Waals surface area contributed by atoms with Gasteiger partial charge in [-0.05, 0) is 331 Å². The van der Waals surface area contributed by atoms with Crippen LogP contribution in [0.15, 0.2) is 301 Å². The number of aryl methyl sites for hydroxylation is 7. The highest BCUT2D eigenvalue weighted by Crippen LogP contribution is 2.42. The molecule has 141 heavy (non-hydrogen) atoms. The zero-order valence-electron chi connectivity index (χ0n) is 85.7. The molecule has 8 aromatic heterocycles. The molecule has 22 aromatic rings. The summed E-state index contributed by atoms with van der Waals surface area (Å²) in [6.45, 7) is 52.8. The van der Waals surface area contributed by atoms with Gasteiger partial charge in [-0.1, -0.05) is 268 Å². The van der Waals surface area contributed by atoms with Crippen LogP contribution in [0.3, 0.4) is 0 Å². The summed E-state index contributed by atoms with van der Waals surface area (Å²) in [4.78, 5) is 31.8. The summed E-state index contributed by atoms with van der Waals surface area (Å²) in [7, 11) is 0. The molecule has 0 aliphatic rings. The number of thiazole rings is 4. The molecular weight excluding hydrogens is 1840 g/mol.